The fraction of sp³-hybridized carbons (Fsp3) is 0.700. The molecule has 0 spiro atoms. The Morgan fingerprint density at radius 3 is 2.94 bits per heavy atom. The lowest BCUT2D eigenvalue weighted by Crippen LogP contribution is -2.36. The summed E-state index contributed by atoms with van der Waals surface area (Å²) in [6, 6.07) is -0.00102. The highest BCUT2D eigenvalue weighted by molar-refractivity contribution is 7.84. The van der Waals surface area contributed by atoms with Crippen molar-refractivity contribution >= 4 is 16.7 Å². The summed E-state index contributed by atoms with van der Waals surface area (Å²) in [7, 11) is -0.830. The molecule has 0 aromatic carbocycles. The largest absolute Gasteiger partial charge is 0.352 e. The smallest absolute Gasteiger partial charge is 0.242 e. The Kier molecular flexibility index (Phi) is 5.93. The maximum absolute atomic E-state index is 11.7. The number of nitrogens with zero attached hydrogens (tertiary/aromatic N) is 3. The van der Waals surface area contributed by atoms with Crippen LogP contribution in [0.15, 0.2) is 6.20 Å². The van der Waals surface area contributed by atoms with Gasteiger partial charge < -0.3 is 11.1 Å². The van der Waals surface area contributed by atoms with Crippen molar-refractivity contribution in [1.29, 1.82) is 0 Å². The van der Waals surface area contributed by atoms with E-state index in [4.69, 9.17) is 5.73 Å². The number of hydrogen-bond acceptors (Lipinski definition) is 5. The first-order valence-corrected chi connectivity index (χ1v) is 7.42. The highest BCUT2D eigenvalue weighted by Gasteiger charge is 2.09. The van der Waals surface area contributed by atoms with E-state index in [1.54, 1.807) is 12.5 Å². The number of nitrogens with two attached hydrogens (primary N) is 1. The Labute approximate surface area is 109 Å². The minimum Gasteiger partial charge on any atom is -0.352 e. The van der Waals surface area contributed by atoms with Gasteiger partial charge in [0.25, 0.3) is 0 Å². The Morgan fingerprint density at radius 1 is 1.67 bits per heavy atom. The molecular formula is C10H19N5O2S. The van der Waals surface area contributed by atoms with E-state index in [1.165, 1.54) is 4.68 Å². The number of amides is 1. The van der Waals surface area contributed by atoms with E-state index >= 15 is 0 Å². The second-order valence-corrected chi connectivity index (χ2v) is 5.70. The molecule has 0 saturated heterocycles. The molecule has 102 valence electrons. The van der Waals surface area contributed by atoms with Crippen LogP contribution in [0.2, 0.25) is 0 Å². The molecule has 2 atom stereocenters. The molecule has 0 radical (unpaired) electrons. The zero-order valence-electron chi connectivity index (χ0n) is 10.6. The maximum Gasteiger partial charge on any atom is 0.242 e. The zero-order chi connectivity index (χ0) is 13.5. The fourth-order valence-electron chi connectivity index (χ4n) is 1.39. The lowest BCUT2D eigenvalue weighted by Gasteiger charge is -2.12. The fourth-order valence-corrected chi connectivity index (χ4v) is 2.08. The number of hydrogen-bond donors (Lipinski definition) is 2. The molecule has 1 heterocycles. The summed E-state index contributed by atoms with van der Waals surface area (Å²) < 4.78 is 12.4. The second kappa shape index (κ2) is 7.22. The first kappa shape index (κ1) is 14.8. The van der Waals surface area contributed by atoms with Gasteiger partial charge in [-0.15, -0.1) is 5.10 Å². The Morgan fingerprint density at radius 2 is 2.39 bits per heavy atom. The van der Waals surface area contributed by atoms with Crippen LogP contribution >= 0.6 is 0 Å². The van der Waals surface area contributed by atoms with Crippen molar-refractivity contribution < 1.29 is 9.00 Å². The van der Waals surface area contributed by atoms with Crippen LogP contribution in [0.25, 0.3) is 0 Å². The molecule has 0 saturated carbocycles. The normalized spacial score (nSPS) is 14.2. The highest BCUT2D eigenvalue weighted by Crippen LogP contribution is 1.95. The van der Waals surface area contributed by atoms with E-state index in [2.05, 4.69) is 15.6 Å². The molecule has 2 unspecified atom stereocenters. The van der Waals surface area contributed by atoms with Crippen molar-refractivity contribution in [3.05, 3.63) is 11.9 Å². The molecule has 3 N–H and O–H groups in total. The minimum absolute atomic E-state index is 0.00102. The van der Waals surface area contributed by atoms with Crippen LogP contribution < -0.4 is 11.1 Å². The number of rotatable bonds is 7. The predicted molar refractivity (Wildman–Crippen MR) is 69.1 cm³/mol. The molecule has 0 aliphatic rings. The van der Waals surface area contributed by atoms with Gasteiger partial charge in [0.1, 0.15) is 6.54 Å². The van der Waals surface area contributed by atoms with Crippen molar-refractivity contribution in [2.75, 3.05) is 12.0 Å². The summed E-state index contributed by atoms with van der Waals surface area (Å²) in [5.74, 6) is 0.445. The van der Waals surface area contributed by atoms with Gasteiger partial charge in [0.15, 0.2) is 0 Å². The average Bonchev–Trinajstić information content (AvgIpc) is 2.73. The van der Waals surface area contributed by atoms with Gasteiger partial charge in [-0.3, -0.25) is 9.00 Å². The summed E-state index contributed by atoms with van der Waals surface area (Å²) in [6.45, 7) is 2.31. The van der Waals surface area contributed by atoms with Crippen molar-refractivity contribution in [2.45, 2.75) is 32.5 Å². The van der Waals surface area contributed by atoms with Crippen LogP contribution in [-0.2, 0) is 28.7 Å². The van der Waals surface area contributed by atoms with Crippen LogP contribution in [0.5, 0.6) is 0 Å². The van der Waals surface area contributed by atoms with Gasteiger partial charge in [-0.25, -0.2) is 4.68 Å². The van der Waals surface area contributed by atoms with E-state index in [9.17, 15) is 9.00 Å². The third-order valence-electron chi connectivity index (χ3n) is 2.35. The monoisotopic (exact) mass is 273 g/mol. The highest BCUT2D eigenvalue weighted by atomic mass is 32.2. The van der Waals surface area contributed by atoms with E-state index in [-0.39, 0.29) is 18.5 Å². The number of nitrogens with one attached hydrogen (secondary N) is 1. The standard InChI is InChI=1S/C10H19N5O2S/c1-8(3-4-18(2)17)12-10(16)7-15-6-9(5-11)13-14-15/h6,8H,3-5,7,11H2,1-2H3,(H,12,16). The van der Waals surface area contributed by atoms with E-state index in [1.807, 2.05) is 6.92 Å². The molecule has 8 heteroatoms. The van der Waals surface area contributed by atoms with Crippen molar-refractivity contribution in [3.8, 4) is 0 Å². The molecule has 0 fully saturated rings. The van der Waals surface area contributed by atoms with Gasteiger partial charge in [0.05, 0.1) is 11.9 Å². The third-order valence-corrected chi connectivity index (χ3v) is 3.16. The third kappa shape index (κ3) is 5.37. The van der Waals surface area contributed by atoms with Gasteiger partial charge in [-0.2, -0.15) is 0 Å². The molecule has 0 aliphatic heterocycles. The van der Waals surface area contributed by atoms with Crippen LogP contribution in [0.4, 0.5) is 0 Å². The summed E-state index contributed by atoms with van der Waals surface area (Å²) in [4.78, 5) is 11.7. The van der Waals surface area contributed by atoms with Crippen LogP contribution in [0.3, 0.4) is 0 Å². The zero-order valence-corrected chi connectivity index (χ0v) is 11.4. The maximum atomic E-state index is 11.7. The lowest BCUT2D eigenvalue weighted by atomic mass is 10.2. The van der Waals surface area contributed by atoms with E-state index in [0.29, 0.717) is 24.4 Å². The molecule has 0 bridgehead atoms. The number of carbonyl (C=O) groups is 1. The molecule has 18 heavy (non-hydrogen) atoms. The molecule has 1 aromatic heterocycles. The molecular weight excluding hydrogens is 254 g/mol. The Hall–Kier alpha value is -1.28. The molecule has 1 rings (SSSR count). The first-order valence-electron chi connectivity index (χ1n) is 5.69. The van der Waals surface area contributed by atoms with Crippen LogP contribution in [0, 0.1) is 0 Å². The topological polar surface area (TPSA) is 103 Å². The van der Waals surface area contributed by atoms with E-state index < -0.39 is 10.8 Å². The molecule has 1 amide bonds. The summed E-state index contributed by atoms with van der Waals surface area (Å²) in [5, 5.41) is 10.4. The lowest BCUT2D eigenvalue weighted by molar-refractivity contribution is -0.122. The minimum atomic E-state index is -0.830. The quantitative estimate of drug-likeness (QED) is 0.664. The summed E-state index contributed by atoms with van der Waals surface area (Å²) >= 11 is 0. The first-order chi connectivity index (χ1) is 8.51. The van der Waals surface area contributed by atoms with Crippen molar-refractivity contribution in [1.82, 2.24) is 20.3 Å². The van der Waals surface area contributed by atoms with Crippen LogP contribution in [0.1, 0.15) is 19.0 Å². The average molecular weight is 273 g/mol. The second-order valence-electron chi connectivity index (χ2n) is 4.15. The molecule has 7 nitrogen and oxygen atoms in total. The van der Waals surface area contributed by atoms with Crippen LogP contribution in [-0.4, -0.2) is 43.2 Å². The van der Waals surface area contributed by atoms with Gasteiger partial charge in [-0.1, -0.05) is 5.21 Å². The summed E-state index contributed by atoms with van der Waals surface area (Å²) in [5.41, 5.74) is 6.05. The number of carbonyl (C=O) groups excluding carboxylic acids is 1. The van der Waals surface area contributed by atoms with Gasteiger partial charge >= 0.3 is 0 Å². The van der Waals surface area contributed by atoms with Crippen molar-refractivity contribution in [3.63, 3.8) is 0 Å². The predicted octanol–water partition coefficient (Wildman–Crippen LogP) is -0.990. The Bertz CT molecular complexity index is 420. The molecule has 0 aliphatic carbocycles. The SMILES string of the molecule is CC(CCS(C)=O)NC(=O)Cn1cc(CN)nn1. The molecule has 1 aromatic rings. The van der Waals surface area contributed by atoms with E-state index in [0.717, 1.165) is 0 Å². The van der Waals surface area contributed by atoms with Gasteiger partial charge in [-0.05, 0) is 13.3 Å². The summed E-state index contributed by atoms with van der Waals surface area (Å²) in [6.07, 6.45) is 3.99. The Balaban J connectivity index is 2.34. The number of aromatic nitrogens is 3. The van der Waals surface area contributed by atoms with Gasteiger partial charge in [0.2, 0.25) is 5.91 Å². The van der Waals surface area contributed by atoms with Gasteiger partial charge in [0, 0.05) is 35.4 Å². The van der Waals surface area contributed by atoms with Crippen molar-refractivity contribution in [2.24, 2.45) is 5.73 Å².